The Hall–Kier alpha value is -5.78. The molecule has 8 heterocycles. The fourth-order valence-corrected chi connectivity index (χ4v) is 12.8. The number of rotatable bonds is 15. The summed E-state index contributed by atoms with van der Waals surface area (Å²) < 4.78 is 57.3. The highest BCUT2D eigenvalue weighted by Crippen LogP contribution is 2.37. The first-order valence-corrected chi connectivity index (χ1v) is 30.2. The van der Waals surface area contributed by atoms with Crippen molar-refractivity contribution in [3.63, 3.8) is 0 Å². The molecule has 2 aromatic carbocycles. The van der Waals surface area contributed by atoms with E-state index in [0.717, 1.165) is 118 Å². The van der Waals surface area contributed by atoms with Crippen LogP contribution in [0.1, 0.15) is 120 Å². The summed E-state index contributed by atoms with van der Waals surface area (Å²) >= 11 is 12.6. The number of piperidine rings is 2. The number of fused-ring (bicyclic) bond motifs is 2. The van der Waals surface area contributed by atoms with Gasteiger partial charge in [0.2, 0.25) is 20.0 Å². The number of likely N-dealkylation sites (tertiary alicyclic amines) is 2. The van der Waals surface area contributed by atoms with Gasteiger partial charge in [-0.05, 0) is 108 Å². The van der Waals surface area contributed by atoms with Crippen molar-refractivity contribution >= 4 is 89.4 Å². The minimum absolute atomic E-state index is 0.0975. The minimum Gasteiger partial charge on any atom is -0.355 e. The molecule has 0 saturated carbocycles. The van der Waals surface area contributed by atoms with E-state index in [9.17, 15) is 26.4 Å². The fourth-order valence-electron chi connectivity index (χ4n) is 11.3. The Balaban J connectivity index is 0.774. The first kappa shape index (κ1) is 52.7. The Bertz CT molecular complexity index is 3170. The third-order valence-electron chi connectivity index (χ3n) is 14.7. The van der Waals surface area contributed by atoms with Crippen molar-refractivity contribution in [3.05, 3.63) is 105 Å². The van der Waals surface area contributed by atoms with Gasteiger partial charge in [0.05, 0.1) is 64.7 Å². The van der Waals surface area contributed by atoms with E-state index in [1.54, 1.807) is 31.0 Å². The molecule has 4 aromatic heterocycles. The van der Waals surface area contributed by atoms with E-state index in [-0.39, 0.29) is 64.6 Å². The fraction of sp³-hybridized carbons (Fsp3) is 0.490. The Morgan fingerprint density at radius 3 is 1.45 bits per heavy atom. The largest absolute Gasteiger partial charge is 0.355 e. The van der Waals surface area contributed by atoms with Crippen molar-refractivity contribution < 1.29 is 26.4 Å². The van der Waals surface area contributed by atoms with Crippen molar-refractivity contribution in [2.24, 2.45) is 0 Å². The van der Waals surface area contributed by atoms with Crippen LogP contribution in [0, 0.1) is 13.8 Å². The highest BCUT2D eigenvalue weighted by atomic mass is 35.5. The molecular weight excluding hydrogens is 1040 g/mol. The van der Waals surface area contributed by atoms with Gasteiger partial charge in [-0.3, -0.25) is 29.7 Å². The lowest BCUT2D eigenvalue weighted by Gasteiger charge is -2.35. The zero-order chi connectivity index (χ0) is 52.9. The number of hydrogen-bond acceptors (Lipinski definition) is 14. The van der Waals surface area contributed by atoms with Gasteiger partial charge in [-0.1, -0.05) is 30.1 Å². The van der Waals surface area contributed by atoms with Crippen LogP contribution in [0.25, 0.3) is 11.3 Å². The Morgan fingerprint density at radius 1 is 0.627 bits per heavy atom. The molecule has 24 heteroatoms. The normalized spacial score (nSPS) is 21.1. The van der Waals surface area contributed by atoms with Crippen LogP contribution in [0.15, 0.2) is 60.9 Å². The van der Waals surface area contributed by atoms with Gasteiger partial charge in [-0.15, -0.1) is 0 Å². The third kappa shape index (κ3) is 11.7. The van der Waals surface area contributed by atoms with E-state index in [1.165, 1.54) is 24.3 Å². The van der Waals surface area contributed by atoms with E-state index in [1.807, 2.05) is 38.4 Å². The van der Waals surface area contributed by atoms with Crippen LogP contribution in [-0.4, -0.2) is 138 Å². The number of sulfonamides is 2. The molecule has 0 spiro atoms. The van der Waals surface area contributed by atoms with Gasteiger partial charge in [0.25, 0.3) is 11.8 Å². The molecule has 0 bridgehead atoms. The molecule has 4 aliphatic rings. The third-order valence-corrected chi connectivity index (χ3v) is 16.4. The average molecular weight is 1100 g/mol. The predicted octanol–water partition coefficient (Wildman–Crippen LogP) is 6.95. The van der Waals surface area contributed by atoms with E-state index in [2.05, 4.69) is 36.8 Å². The second-order valence-corrected chi connectivity index (χ2v) is 24.9. The molecule has 75 heavy (non-hydrogen) atoms. The number of benzene rings is 2. The summed E-state index contributed by atoms with van der Waals surface area (Å²) in [6, 6.07) is 12.9. The van der Waals surface area contributed by atoms with Crippen LogP contribution < -0.4 is 29.9 Å². The highest BCUT2D eigenvalue weighted by molar-refractivity contribution is 7.92. The van der Waals surface area contributed by atoms with Gasteiger partial charge in [-0.25, -0.2) is 35.8 Å². The molecule has 2 amide bonds. The number of aryl methyl sites for hydroxylation is 2. The first-order valence-electron chi connectivity index (χ1n) is 25.7. The van der Waals surface area contributed by atoms with Crippen LogP contribution in [0.2, 0.25) is 10.0 Å². The maximum absolute atomic E-state index is 14.2. The lowest BCUT2D eigenvalue weighted by molar-refractivity contribution is 0.0600. The molecule has 4 aliphatic heterocycles. The molecular formula is C51H64Cl2N14O6S2. The van der Waals surface area contributed by atoms with Gasteiger partial charge in [0, 0.05) is 97.1 Å². The van der Waals surface area contributed by atoms with Crippen LogP contribution in [-0.2, 0) is 20.0 Å². The van der Waals surface area contributed by atoms with Gasteiger partial charge >= 0.3 is 0 Å². The maximum atomic E-state index is 14.2. The molecule has 0 aliphatic carbocycles. The lowest BCUT2D eigenvalue weighted by Crippen LogP contribution is -2.52. The number of halogens is 2. The van der Waals surface area contributed by atoms with Crippen molar-refractivity contribution in [2.45, 2.75) is 109 Å². The summed E-state index contributed by atoms with van der Waals surface area (Å²) in [5, 5.41) is 18.4. The van der Waals surface area contributed by atoms with Gasteiger partial charge in [0.1, 0.15) is 11.6 Å². The summed E-state index contributed by atoms with van der Waals surface area (Å²) in [4.78, 5) is 46.8. The molecule has 20 nitrogen and oxygen atoms in total. The van der Waals surface area contributed by atoms with Crippen LogP contribution in [0.5, 0.6) is 0 Å². The Kier molecular flexibility index (Phi) is 15.0. The lowest BCUT2D eigenvalue weighted by atomic mass is 9.98. The molecule has 10 rings (SSSR count). The zero-order valence-electron chi connectivity index (χ0n) is 42.8. The number of nitrogens with zero attached hydrogens (tertiary/aromatic N) is 10. The first-order chi connectivity index (χ1) is 35.8. The Morgan fingerprint density at radius 2 is 1.05 bits per heavy atom. The summed E-state index contributed by atoms with van der Waals surface area (Å²) in [7, 11) is -7.29. The number of carbonyl (C=O) groups excluding carboxylic acids is 2. The number of aromatic nitrogens is 6. The van der Waals surface area contributed by atoms with Gasteiger partial charge < -0.3 is 19.6 Å². The molecule has 4 N–H and O–H groups in total. The molecule has 4 fully saturated rings. The topological polar surface area (TPSA) is 224 Å². The summed E-state index contributed by atoms with van der Waals surface area (Å²) in [6.07, 6.45) is 13.9. The van der Waals surface area contributed by atoms with Gasteiger partial charge in [0.15, 0.2) is 11.3 Å². The predicted molar refractivity (Wildman–Crippen MR) is 292 cm³/mol. The second-order valence-electron chi connectivity index (χ2n) is 20.5. The average Bonchev–Trinajstić information content (AvgIpc) is 4.20. The summed E-state index contributed by atoms with van der Waals surface area (Å²) in [6.45, 7) is 10.6. The number of carbonyl (C=O) groups is 2. The molecule has 0 radical (unpaired) electrons. The van der Waals surface area contributed by atoms with Crippen LogP contribution in [0.4, 0.5) is 23.0 Å². The van der Waals surface area contributed by atoms with E-state index >= 15 is 0 Å². The SMILES string of the molecule is CCC(NC1CCN(c2nc3cc(C4CCCCN4C(=O)c4cc(Cl)ccc4NS(C)(=O)=O)nn3cc2C)C1)NC1CCN(c2nc3cc(C4CCCCN4C(=O)c4cc(Cl)ccc4NS(C)(=O)=O)nn3cc2C)C1. The quantitative estimate of drug-likeness (QED) is 0.0765. The second kappa shape index (κ2) is 21.3. The number of nitrogens with one attached hydrogen (secondary N) is 4. The number of hydrogen-bond donors (Lipinski definition) is 4. The van der Waals surface area contributed by atoms with Crippen LogP contribution in [0.3, 0.4) is 0 Å². The zero-order valence-corrected chi connectivity index (χ0v) is 45.9. The van der Waals surface area contributed by atoms with Crippen molar-refractivity contribution in [1.82, 2.24) is 49.6 Å². The Labute approximate surface area is 447 Å². The van der Waals surface area contributed by atoms with Crippen molar-refractivity contribution in [2.75, 3.05) is 71.0 Å². The standard InChI is InChI=1S/C51H64Cl2N14O6S2/c1-6-45(54-35-17-21-62(29-35)48-31(2)27-66-46(56-48)25-41(58-66)43-11-7-9-19-64(43)50(68)37-23-33(52)13-15-39(37)60-74(4,70)71)55-36-18-22-63(30-36)49-32(3)28-67-47(57-49)26-42(59-67)44-12-8-10-20-65(44)51(69)38-24-34(53)14-16-40(38)61-75(5,72)73/h13-16,23-28,35-36,43-45,54-55,60-61H,6-12,17-22,29-30H2,1-5H3. The molecule has 4 saturated heterocycles. The molecule has 4 unspecified atom stereocenters. The number of anilines is 4. The maximum Gasteiger partial charge on any atom is 0.256 e. The minimum atomic E-state index is -3.64. The van der Waals surface area contributed by atoms with Crippen molar-refractivity contribution in [3.8, 4) is 0 Å². The summed E-state index contributed by atoms with van der Waals surface area (Å²) in [5.74, 6) is 1.18. The van der Waals surface area contributed by atoms with Crippen LogP contribution >= 0.6 is 23.2 Å². The molecule has 6 aromatic rings. The monoisotopic (exact) mass is 1100 g/mol. The van der Waals surface area contributed by atoms with Crippen molar-refractivity contribution in [1.29, 1.82) is 0 Å². The highest BCUT2D eigenvalue weighted by Gasteiger charge is 2.36. The van der Waals surface area contributed by atoms with E-state index in [4.69, 9.17) is 43.4 Å². The van der Waals surface area contributed by atoms with Gasteiger partial charge in [-0.2, -0.15) is 10.2 Å². The van der Waals surface area contributed by atoms with E-state index < -0.39 is 20.0 Å². The number of amides is 2. The molecule has 4 atom stereocenters. The molecule has 400 valence electrons. The van der Waals surface area contributed by atoms with E-state index in [0.29, 0.717) is 47.3 Å². The smallest absolute Gasteiger partial charge is 0.256 e. The summed E-state index contributed by atoms with van der Waals surface area (Å²) in [5.41, 5.74) is 5.58.